The zero-order valence-electron chi connectivity index (χ0n) is 17.6. The van der Waals surface area contributed by atoms with Crippen LogP contribution in [0.5, 0.6) is 51.7 Å². The molecule has 0 spiro atoms. The normalized spacial score (nSPS) is 11.8. The van der Waals surface area contributed by atoms with Gasteiger partial charge >= 0.3 is 5.97 Å². The van der Waals surface area contributed by atoms with Gasteiger partial charge in [0.1, 0.15) is 66.4 Å². The second kappa shape index (κ2) is 8.90. The van der Waals surface area contributed by atoms with Crippen molar-refractivity contribution in [2.75, 3.05) is 0 Å². The Hall–Kier alpha value is -4.32. The predicted molar refractivity (Wildman–Crippen MR) is 118 cm³/mol. The summed E-state index contributed by atoms with van der Waals surface area (Å²) >= 11 is 0. The molecule has 0 aliphatic heterocycles. The van der Waals surface area contributed by atoms with Gasteiger partial charge in [0.2, 0.25) is 0 Å². The van der Waals surface area contributed by atoms with Crippen molar-refractivity contribution in [1.82, 2.24) is 0 Å². The summed E-state index contributed by atoms with van der Waals surface area (Å²) in [5.74, 6) is -8.16. The average Bonchev–Trinajstić information content (AvgIpc) is 2.65. The van der Waals surface area contributed by atoms with Crippen molar-refractivity contribution in [2.24, 2.45) is 0 Å². The third-order valence-electron chi connectivity index (χ3n) is 4.64. The van der Waals surface area contributed by atoms with Gasteiger partial charge < -0.3 is 50.1 Å². The molecule has 0 saturated carbocycles. The number of phenols is 9. The van der Waals surface area contributed by atoms with Gasteiger partial charge in [-0.25, -0.2) is 0 Å². The summed E-state index contributed by atoms with van der Waals surface area (Å²) in [5.41, 5.74) is 0. The van der Waals surface area contributed by atoms with Crippen LogP contribution in [0.2, 0.25) is 0 Å². The standard InChI is InChI=1S/C22H22O11S/c1-2-3-19(32)33-34(20-13(26)4-10(23)5-14(20)27,21-15(28)6-11(24)7-16(21)29)22-17(30)8-12(25)9-18(22)31/h4-9,23-31H,2-3H2,1H3. The summed E-state index contributed by atoms with van der Waals surface area (Å²) in [6, 6.07) is 4.54. The van der Waals surface area contributed by atoms with Gasteiger partial charge in [0.05, 0.1) is 0 Å². The van der Waals surface area contributed by atoms with E-state index in [1.165, 1.54) is 0 Å². The Morgan fingerprint density at radius 3 is 1.12 bits per heavy atom. The van der Waals surface area contributed by atoms with Crippen molar-refractivity contribution >= 4 is 16.3 Å². The number of benzene rings is 3. The minimum Gasteiger partial charge on any atom is -0.508 e. The van der Waals surface area contributed by atoms with Crippen LogP contribution in [0.1, 0.15) is 19.8 Å². The Bertz CT molecular complexity index is 1060. The monoisotopic (exact) mass is 494 g/mol. The largest absolute Gasteiger partial charge is 0.508 e. The zero-order chi connectivity index (χ0) is 25.4. The number of aromatic hydroxyl groups is 9. The summed E-state index contributed by atoms with van der Waals surface area (Å²) < 4.78 is 5.68. The van der Waals surface area contributed by atoms with Crippen molar-refractivity contribution < 1.29 is 54.9 Å². The molecule has 3 rings (SSSR count). The molecule has 34 heavy (non-hydrogen) atoms. The van der Waals surface area contributed by atoms with Crippen LogP contribution in [0.4, 0.5) is 0 Å². The molecule has 9 N–H and O–H groups in total. The molecule has 0 radical (unpaired) electrons. The Balaban J connectivity index is 2.64. The lowest BCUT2D eigenvalue weighted by atomic mass is 10.3. The first-order valence-electron chi connectivity index (χ1n) is 9.72. The number of hydrogen-bond donors (Lipinski definition) is 9. The van der Waals surface area contributed by atoms with Crippen LogP contribution in [-0.4, -0.2) is 51.9 Å². The topological polar surface area (TPSA) is 208 Å². The summed E-state index contributed by atoms with van der Waals surface area (Å²) in [5, 5.41) is 93.8. The molecular weight excluding hydrogens is 472 g/mol. The second-order valence-corrected chi connectivity index (χ2v) is 9.70. The van der Waals surface area contributed by atoms with Gasteiger partial charge in [0.15, 0.2) is 0 Å². The molecule has 0 amide bonds. The van der Waals surface area contributed by atoms with Gasteiger partial charge in [-0.3, -0.25) is 4.79 Å². The zero-order valence-corrected chi connectivity index (χ0v) is 18.4. The first-order valence-corrected chi connectivity index (χ1v) is 11.3. The lowest BCUT2D eigenvalue weighted by Crippen LogP contribution is -2.14. The summed E-state index contributed by atoms with van der Waals surface area (Å²) in [7, 11) is -4.17. The SMILES string of the molecule is CCCC(=O)OS(c1c(O)cc(O)cc1O)(c1c(O)cc(O)cc1O)c1c(O)cc(O)cc1O. The summed E-state index contributed by atoms with van der Waals surface area (Å²) in [4.78, 5) is 10.7. The van der Waals surface area contributed by atoms with Crippen molar-refractivity contribution in [3.8, 4) is 51.7 Å². The first-order chi connectivity index (χ1) is 15.9. The van der Waals surface area contributed by atoms with Gasteiger partial charge in [0.25, 0.3) is 0 Å². The molecule has 3 aromatic rings. The van der Waals surface area contributed by atoms with Crippen molar-refractivity contribution in [2.45, 2.75) is 34.5 Å². The smallest absolute Gasteiger partial charge is 0.317 e. The predicted octanol–water partition coefficient (Wildman–Crippen LogP) is 3.58. The molecule has 182 valence electrons. The fourth-order valence-electron chi connectivity index (χ4n) is 3.45. The Labute approximate surface area is 194 Å². The Morgan fingerprint density at radius 1 is 0.618 bits per heavy atom. The maximum Gasteiger partial charge on any atom is 0.317 e. The fourth-order valence-corrected chi connectivity index (χ4v) is 6.80. The van der Waals surface area contributed by atoms with E-state index in [-0.39, 0.29) is 12.8 Å². The highest BCUT2D eigenvalue weighted by Gasteiger charge is 2.47. The van der Waals surface area contributed by atoms with Crippen LogP contribution < -0.4 is 0 Å². The van der Waals surface area contributed by atoms with E-state index in [1.54, 1.807) is 6.92 Å². The average molecular weight is 494 g/mol. The number of phenolic OH excluding ortho intramolecular Hbond substituents is 9. The van der Waals surface area contributed by atoms with Crippen LogP contribution in [0.15, 0.2) is 51.1 Å². The van der Waals surface area contributed by atoms with E-state index < -0.39 is 82.7 Å². The van der Waals surface area contributed by atoms with Crippen LogP contribution >= 0.6 is 10.3 Å². The Morgan fingerprint density at radius 2 is 0.882 bits per heavy atom. The third-order valence-corrected chi connectivity index (χ3v) is 8.05. The fraction of sp³-hybridized carbons (Fsp3) is 0.136. The highest BCUT2D eigenvalue weighted by atomic mass is 32.3. The molecule has 0 saturated heterocycles. The van der Waals surface area contributed by atoms with E-state index in [9.17, 15) is 50.8 Å². The third kappa shape index (κ3) is 4.06. The highest BCUT2D eigenvalue weighted by molar-refractivity contribution is 8.30. The molecule has 12 heteroatoms. The minimum absolute atomic E-state index is 0.229. The van der Waals surface area contributed by atoms with Crippen molar-refractivity contribution in [3.05, 3.63) is 36.4 Å². The van der Waals surface area contributed by atoms with Gasteiger partial charge in [-0.1, -0.05) is 6.92 Å². The van der Waals surface area contributed by atoms with E-state index in [0.717, 1.165) is 36.4 Å². The van der Waals surface area contributed by atoms with E-state index in [4.69, 9.17) is 4.18 Å². The van der Waals surface area contributed by atoms with Crippen LogP contribution in [0.25, 0.3) is 0 Å². The quantitative estimate of drug-likeness (QED) is 0.242. The number of carbonyl (C=O) groups excluding carboxylic acids is 1. The van der Waals surface area contributed by atoms with Gasteiger partial charge in [-0.15, -0.1) is 0 Å². The minimum atomic E-state index is -4.17. The summed E-state index contributed by atoms with van der Waals surface area (Å²) in [6.45, 7) is 1.64. The van der Waals surface area contributed by atoms with Crippen LogP contribution in [0.3, 0.4) is 0 Å². The molecule has 0 aromatic heterocycles. The van der Waals surface area contributed by atoms with Crippen molar-refractivity contribution in [1.29, 1.82) is 0 Å². The first kappa shape index (κ1) is 24.3. The number of carbonyl (C=O) groups is 1. The van der Waals surface area contributed by atoms with Crippen LogP contribution in [0, 0.1) is 0 Å². The van der Waals surface area contributed by atoms with Crippen molar-refractivity contribution in [3.63, 3.8) is 0 Å². The van der Waals surface area contributed by atoms with E-state index in [2.05, 4.69) is 0 Å². The molecular formula is C22H22O11S. The lowest BCUT2D eigenvalue weighted by molar-refractivity contribution is -0.133. The molecule has 0 heterocycles. The molecule has 0 unspecified atom stereocenters. The number of rotatable bonds is 6. The number of hydrogen-bond acceptors (Lipinski definition) is 11. The molecule has 11 nitrogen and oxygen atoms in total. The van der Waals surface area contributed by atoms with Gasteiger partial charge in [-0.05, 0) is 6.42 Å². The molecule has 0 atom stereocenters. The lowest BCUT2D eigenvalue weighted by Gasteiger charge is -2.40. The molecule has 3 aromatic carbocycles. The molecule has 0 aliphatic rings. The highest BCUT2D eigenvalue weighted by Crippen LogP contribution is 2.80. The molecule has 0 aliphatic carbocycles. The maximum atomic E-state index is 12.8. The van der Waals surface area contributed by atoms with E-state index in [1.807, 2.05) is 0 Å². The molecule has 0 fully saturated rings. The second-order valence-electron chi connectivity index (χ2n) is 7.20. The van der Waals surface area contributed by atoms with Gasteiger partial charge in [-0.2, -0.15) is 0 Å². The maximum absolute atomic E-state index is 12.8. The van der Waals surface area contributed by atoms with E-state index >= 15 is 0 Å². The van der Waals surface area contributed by atoms with E-state index in [0.29, 0.717) is 0 Å². The Kier molecular flexibility index (Phi) is 6.37. The van der Waals surface area contributed by atoms with Gasteiger partial charge in [0, 0.05) is 53.1 Å². The molecule has 0 bridgehead atoms. The van der Waals surface area contributed by atoms with Crippen LogP contribution in [-0.2, 0) is 8.98 Å². The summed E-state index contributed by atoms with van der Waals surface area (Å²) in [6.07, 6.45) is 0.0382.